The number of amides is 1. The number of halogens is 2. The third-order valence-corrected chi connectivity index (χ3v) is 4.08. The molecule has 1 aliphatic carbocycles. The summed E-state index contributed by atoms with van der Waals surface area (Å²) in [5.41, 5.74) is 3.61. The maximum absolute atomic E-state index is 12.4. The molecule has 0 heterocycles. The number of hydrogen-bond donors (Lipinski definition) is 1. The second kappa shape index (κ2) is 7.51. The van der Waals surface area contributed by atoms with Crippen molar-refractivity contribution in [3.05, 3.63) is 53.1 Å². The normalized spacial score (nSPS) is 12.8. The van der Waals surface area contributed by atoms with Gasteiger partial charge < -0.3 is 14.8 Å². The van der Waals surface area contributed by atoms with Gasteiger partial charge in [0.2, 0.25) is 0 Å². The van der Waals surface area contributed by atoms with Gasteiger partial charge in [0.25, 0.3) is 5.91 Å². The zero-order valence-corrected chi connectivity index (χ0v) is 13.9. The average Bonchev–Trinajstić information content (AvgIpc) is 3.04. The van der Waals surface area contributed by atoms with Crippen LogP contribution in [-0.2, 0) is 12.8 Å². The Balaban J connectivity index is 1.78. The second-order valence-corrected chi connectivity index (χ2v) is 5.76. The van der Waals surface area contributed by atoms with Gasteiger partial charge in [-0.25, -0.2) is 0 Å². The van der Waals surface area contributed by atoms with Gasteiger partial charge in [-0.15, -0.1) is 0 Å². The smallest absolute Gasteiger partial charge is 0.387 e. The van der Waals surface area contributed by atoms with Crippen molar-refractivity contribution < 1.29 is 23.0 Å². The van der Waals surface area contributed by atoms with Gasteiger partial charge in [-0.1, -0.05) is 6.07 Å². The third kappa shape index (κ3) is 4.07. The molecule has 0 fully saturated rings. The fourth-order valence-corrected chi connectivity index (χ4v) is 2.96. The highest BCUT2D eigenvalue weighted by Crippen LogP contribution is 2.30. The van der Waals surface area contributed by atoms with E-state index in [1.807, 2.05) is 18.2 Å². The molecule has 3 rings (SSSR count). The summed E-state index contributed by atoms with van der Waals surface area (Å²) in [5.74, 6) is -0.308. The van der Waals surface area contributed by atoms with Gasteiger partial charge >= 0.3 is 6.61 Å². The lowest BCUT2D eigenvalue weighted by molar-refractivity contribution is -0.0514. The molecule has 0 aliphatic heterocycles. The van der Waals surface area contributed by atoms with Crippen molar-refractivity contribution in [2.75, 3.05) is 11.9 Å². The molecule has 1 aliphatic rings. The van der Waals surface area contributed by atoms with E-state index in [9.17, 15) is 13.6 Å². The van der Waals surface area contributed by atoms with Crippen molar-refractivity contribution in [3.8, 4) is 11.5 Å². The summed E-state index contributed by atoms with van der Waals surface area (Å²) in [6, 6.07) is 10.0. The van der Waals surface area contributed by atoms with Crippen molar-refractivity contribution >= 4 is 11.6 Å². The molecule has 0 spiro atoms. The number of nitrogens with one attached hydrogen (secondary N) is 1. The van der Waals surface area contributed by atoms with Crippen LogP contribution in [0.1, 0.15) is 34.8 Å². The number of rotatable bonds is 6. The van der Waals surface area contributed by atoms with E-state index in [0.717, 1.165) is 24.9 Å². The average molecular weight is 347 g/mol. The van der Waals surface area contributed by atoms with Crippen LogP contribution < -0.4 is 14.8 Å². The van der Waals surface area contributed by atoms with Gasteiger partial charge in [0.1, 0.15) is 0 Å². The first-order chi connectivity index (χ1) is 12.1. The third-order valence-electron chi connectivity index (χ3n) is 4.08. The van der Waals surface area contributed by atoms with Crippen molar-refractivity contribution in [2.45, 2.75) is 32.8 Å². The van der Waals surface area contributed by atoms with Crippen molar-refractivity contribution in [2.24, 2.45) is 0 Å². The number of carbonyl (C=O) groups excluding carboxylic acids is 1. The van der Waals surface area contributed by atoms with Crippen LogP contribution in [0.25, 0.3) is 0 Å². The van der Waals surface area contributed by atoms with Crippen molar-refractivity contribution in [3.63, 3.8) is 0 Å². The minimum Gasteiger partial charge on any atom is -0.490 e. The first kappa shape index (κ1) is 17.2. The summed E-state index contributed by atoms with van der Waals surface area (Å²) in [6.45, 7) is -0.954. The SMILES string of the molecule is CCOc1cc(C(=O)Nc2ccc3c(c2)CCC3)ccc1OC(F)F. The number of anilines is 1. The highest BCUT2D eigenvalue weighted by Gasteiger charge is 2.16. The molecule has 2 aromatic rings. The van der Waals surface area contributed by atoms with Crippen LogP contribution in [0.3, 0.4) is 0 Å². The molecule has 1 N–H and O–H groups in total. The van der Waals surface area contributed by atoms with Crippen LogP contribution in [0.5, 0.6) is 11.5 Å². The fraction of sp³-hybridized carbons (Fsp3) is 0.316. The summed E-state index contributed by atoms with van der Waals surface area (Å²) < 4.78 is 34.6. The molecule has 132 valence electrons. The molecule has 4 nitrogen and oxygen atoms in total. The van der Waals surface area contributed by atoms with Crippen LogP contribution in [0.4, 0.5) is 14.5 Å². The lowest BCUT2D eigenvalue weighted by Crippen LogP contribution is -2.13. The molecule has 0 unspecified atom stereocenters. The molecule has 0 aromatic heterocycles. The van der Waals surface area contributed by atoms with Gasteiger partial charge in [0, 0.05) is 11.3 Å². The standard InChI is InChI=1S/C19H19F2NO3/c1-2-24-17-11-14(7-9-16(17)25-19(20)21)18(23)22-15-8-6-12-4-3-5-13(12)10-15/h6-11,19H,2-5H2,1H3,(H,22,23). The number of alkyl halides is 2. The predicted molar refractivity (Wildman–Crippen MR) is 90.7 cm³/mol. The Morgan fingerprint density at radius 1 is 1.12 bits per heavy atom. The number of aryl methyl sites for hydroxylation is 2. The number of hydrogen-bond acceptors (Lipinski definition) is 3. The minimum absolute atomic E-state index is 0.0917. The number of benzene rings is 2. The first-order valence-corrected chi connectivity index (χ1v) is 8.21. The Bertz CT molecular complexity index is 777. The van der Waals surface area contributed by atoms with E-state index in [0.29, 0.717) is 5.56 Å². The number of fused-ring (bicyclic) bond motifs is 1. The summed E-state index contributed by atoms with van der Waals surface area (Å²) >= 11 is 0. The van der Waals surface area contributed by atoms with Crippen LogP contribution in [-0.4, -0.2) is 19.1 Å². The second-order valence-electron chi connectivity index (χ2n) is 5.76. The summed E-state index contributed by atoms with van der Waals surface area (Å²) in [6.07, 6.45) is 3.23. The van der Waals surface area contributed by atoms with E-state index < -0.39 is 6.61 Å². The zero-order chi connectivity index (χ0) is 17.8. The Morgan fingerprint density at radius 3 is 2.68 bits per heavy atom. The van der Waals surface area contributed by atoms with E-state index >= 15 is 0 Å². The van der Waals surface area contributed by atoms with E-state index in [2.05, 4.69) is 10.1 Å². The Labute approximate surface area is 144 Å². The Hall–Kier alpha value is -2.63. The molecule has 25 heavy (non-hydrogen) atoms. The van der Waals surface area contributed by atoms with Crippen LogP contribution in [0, 0.1) is 0 Å². The molecule has 0 saturated carbocycles. The molecule has 0 bridgehead atoms. The Morgan fingerprint density at radius 2 is 1.92 bits per heavy atom. The maximum atomic E-state index is 12.4. The highest BCUT2D eigenvalue weighted by molar-refractivity contribution is 6.04. The van der Waals surface area contributed by atoms with Crippen LogP contribution in [0.15, 0.2) is 36.4 Å². The molecular formula is C19H19F2NO3. The molecule has 0 saturated heterocycles. The van der Waals surface area contributed by atoms with Gasteiger partial charge in [0.05, 0.1) is 6.61 Å². The molecular weight excluding hydrogens is 328 g/mol. The van der Waals surface area contributed by atoms with Crippen molar-refractivity contribution in [1.82, 2.24) is 0 Å². The summed E-state index contributed by atoms with van der Waals surface area (Å²) in [5, 5.41) is 2.83. The molecule has 2 aromatic carbocycles. The molecule has 0 atom stereocenters. The van der Waals surface area contributed by atoms with Crippen LogP contribution in [0.2, 0.25) is 0 Å². The monoisotopic (exact) mass is 347 g/mol. The quantitative estimate of drug-likeness (QED) is 0.841. The lowest BCUT2D eigenvalue weighted by atomic mass is 10.1. The van der Waals surface area contributed by atoms with Gasteiger partial charge in [-0.2, -0.15) is 8.78 Å². The van der Waals surface area contributed by atoms with Gasteiger partial charge in [-0.05, 0) is 67.6 Å². The molecule has 1 amide bonds. The van der Waals surface area contributed by atoms with E-state index in [4.69, 9.17) is 4.74 Å². The van der Waals surface area contributed by atoms with E-state index in [-0.39, 0.29) is 24.0 Å². The molecule has 0 radical (unpaired) electrons. The van der Waals surface area contributed by atoms with Gasteiger partial charge in [0.15, 0.2) is 11.5 Å². The minimum atomic E-state index is -2.95. The topological polar surface area (TPSA) is 47.6 Å². The lowest BCUT2D eigenvalue weighted by Gasteiger charge is -2.13. The fourth-order valence-electron chi connectivity index (χ4n) is 2.96. The zero-order valence-electron chi connectivity index (χ0n) is 13.9. The summed E-state index contributed by atoms with van der Waals surface area (Å²) in [4.78, 5) is 12.4. The predicted octanol–water partition coefficient (Wildman–Crippen LogP) is 4.43. The Kier molecular flexibility index (Phi) is 5.16. The molecule has 6 heteroatoms. The van der Waals surface area contributed by atoms with E-state index in [1.54, 1.807) is 6.92 Å². The number of carbonyl (C=O) groups is 1. The van der Waals surface area contributed by atoms with E-state index in [1.165, 1.54) is 29.3 Å². The highest BCUT2D eigenvalue weighted by atomic mass is 19.3. The van der Waals surface area contributed by atoms with Crippen LogP contribution >= 0.6 is 0 Å². The largest absolute Gasteiger partial charge is 0.490 e. The van der Waals surface area contributed by atoms with Gasteiger partial charge in [-0.3, -0.25) is 4.79 Å². The first-order valence-electron chi connectivity index (χ1n) is 8.21. The van der Waals surface area contributed by atoms with Crippen molar-refractivity contribution in [1.29, 1.82) is 0 Å². The number of ether oxygens (including phenoxy) is 2. The maximum Gasteiger partial charge on any atom is 0.387 e. The summed E-state index contributed by atoms with van der Waals surface area (Å²) in [7, 11) is 0.